The minimum absolute atomic E-state index is 0.573. The Kier molecular flexibility index (Phi) is 5.72. The van der Waals surface area contributed by atoms with Crippen LogP contribution in [0.3, 0.4) is 0 Å². The molecule has 4 nitrogen and oxygen atoms in total. The van der Waals surface area contributed by atoms with Crippen LogP contribution < -0.4 is 16.2 Å². The number of rotatable bonds is 6. The summed E-state index contributed by atoms with van der Waals surface area (Å²) in [5, 5.41) is 3.46. The number of hydrogen-bond donors (Lipinski definition) is 3. The second-order valence-electron chi connectivity index (χ2n) is 6.66. The van der Waals surface area contributed by atoms with E-state index in [0.717, 1.165) is 37.4 Å². The molecule has 24 heavy (non-hydrogen) atoms. The highest BCUT2D eigenvalue weighted by molar-refractivity contribution is 5.52. The van der Waals surface area contributed by atoms with Gasteiger partial charge in [0.25, 0.3) is 0 Å². The van der Waals surface area contributed by atoms with Crippen LogP contribution in [0.25, 0.3) is 0 Å². The van der Waals surface area contributed by atoms with Gasteiger partial charge in [-0.05, 0) is 50.1 Å². The van der Waals surface area contributed by atoms with Crippen molar-refractivity contribution >= 4 is 11.4 Å². The van der Waals surface area contributed by atoms with Gasteiger partial charge >= 0.3 is 0 Å². The quantitative estimate of drug-likeness (QED) is 0.713. The summed E-state index contributed by atoms with van der Waals surface area (Å²) < 4.78 is 0. The summed E-state index contributed by atoms with van der Waals surface area (Å²) >= 11 is 0. The maximum atomic E-state index is 3.46. The van der Waals surface area contributed by atoms with Crippen LogP contribution in [-0.4, -0.2) is 36.6 Å². The molecule has 3 rings (SSSR count). The van der Waals surface area contributed by atoms with Crippen molar-refractivity contribution in [2.75, 3.05) is 30.5 Å². The molecule has 2 aromatic rings. The van der Waals surface area contributed by atoms with Gasteiger partial charge in [0.1, 0.15) is 0 Å². The molecule has 0 aliphatic carbocycles. The third-order valence-electron chi connectivity index (χ3n) is 4.73. The van der Waals surface area contributed by atoms with Crippen LogP contribution in [0.4, 0.5) is 11.4 Å². The zero-order valence-corrected chi connectivity index (χ0v) is 14.6. The predicted molar refractivity (Wildman–Crippen MR) is 102 cm³/mol. The molecule has 1 saturated heterocycles. The summed E-state index contributed by atoms with van der Waals surface area (Å²) in [7, 11) is 0. The summed E-state index contributed by atoms with van der Waals surface area (Å²) in [5.74, 6) is 0. The van der Waals surface area contributed by atoms with Crippen molar-refractivity contribution in [1.82, 2.24) is 10.2 Å². The van der Waals surface area contributed by atoms with Crippen LogP contribution in [0.1, 0.15) is 19.4 Å². The zero-order chi connectivity index (χ0) is 16.8. The molecule has 0 spiro atoms. The average Bonchev–Trinajstić information content (AvgIpc) is 2.62. The highest BCUT2D eigenvalue weighted by Crippen LogP contribution is 2.16. The van der Waals surface area contributed by atoms with Gasteiger partial charge in [-0.2, -0.15) is 0 Å². The average molecular weight is 324 g/mol. The Hall–Kier alpha value is -2.04. The fraction of sp³-hybridized carbons (Fsp3) is 0.400. The van der Waals surface area contributed by atoms with E-state index in [1.54, 1.807) is 0 Å². The predicted octanol–water partition coefficient (Wildman–Crippen LogP) is 3.35. The van der Waals surface area contributed by atoms with Crippen molar-refractivity contribution in [2.24, 2.45) is 0 Å². The number of nitrogens with zero attached hydrogens (tertiary/aromatic N) is 1. The highest BCUT2D eigenvalue weighted by Gasteiger charge is 2.22. The first kappa shape index (κ1) is 16.8. The van der Waals surface area contributed by atoms with Gasteiger partial charge in [-0.1, -0.05) is 30.3 Å². The first-order chi connectivity index (χ1) is 11.7. The number of para-hydroxylation sites is 1. The molecule has 0 bridgehead atoms. The minimum atomic E-state index is 0.573. The van der Waals surface area contributed by atoms with Gasteiger partial charge in [0, 0.05) is 31.7 Å². The molecular weight excluding hydrogens is 296 g/mol. The second-order valence-corrected chi connectivity index (χ2v) is 6.66. The normalized spacial score (nSPS) is 19.7. The SMILES string of the molecule is CC1CNCCN1C(C)Cc1ccc(NNc2ccccc2)cc1. The van der Waals surface area contributed by atoms with Crippen LogP contribution in [0.15, 0.2) is 54.6 Å². The maximum absolute atomic E-state index is 3.46. The molecule has 0 radical (unpaired) electrons. The molecule has 2 aromatic carbocycles. The Morgan fingerprint density at radius 1 is 1.04 bits per heavy atom. The summed E-state index contributed by atoms with van der Waals surface area (Å²) in [6.07, 6.45) is 1.09. The van der Waals surface area contributed by atoms with Gasteiger partial charge in [-0.15, -0.1) is 0 Å². The maximum Gasteiger partial charge on any atom is 0.0540 e. The van der Waals surface area contributed by atoms with E-state index in [1.165, 1.54) is 5.56 Å². The lowest BCUT2D eigenvalue weighted by molar-refractivity contribution is 0.125. The van der Waals surface area contributed by atoms with E-state index in [-0.39, 0.29) is 0 Å². The highest BCUT2D eigenvalue weighted by atomic mass is 15.4. The molecule has 2 atom stereocenters. The van der Waals surface area contributed by atoms with Crippen LogP contribution in [0.5, 0.6) is 0 Å². The molecule has 1 heterocycles. The van der Waals surface area contributed by atoms with Gasteiger partial charge in [-0.25, -0.2) is 0 Å². The molecule has 1 aliphatic heterocycles. The van der Waals surface area contributed by atoms with Crippen LogP contribution in [0.2, 0.25) is 0 Å². The molecule has 0 saturated carbocycles. The Balaban J connectivity index is 1.52. The van der Waals surface area contributed by atoms with Gasteiger partial charge < -0.3 is 16.2 Å². The number of anilines is 2. The molecule has 3 N–H and O–H groups in total. The van der Waals surface area contributed by atoms with E-state index >= 15 is 0 Å². The smallest absolute Gasteiger partial charge is 0.0540 e. The van der Waals surface area contributed by atoms with Crippen molar-refractivity contribution in [3.05, 3.63) is 60.2 Å². The fourth-order valence-electron chi connectivity index (χ4n) is 3.36. The van der Waals surface area contributed by atoms with Gasteiger partial charge in [0.05, 0.1) is 11.4 Å². The van der Waals surface area contributed by atoms with E-state index < -0.39 is 0 Å². The Morgan fingerprint density at radius 3 is 2.38 bits per heavy atom. The van der Waals surface area contributed by atoms with E-state index in [2.05, 4.69) is 59.2 Å². The van der Waals surface area contributed by atoms with Crippen molar-refractivity contribution < 1.29 is 0 Å². The molecule has 2 unspecified atom stereocenters. The van der Waals surface area contributed by atoms with E-state index in [1.807, 2.05) is 30.3 Å². The lowest BCUT2D eigenvalue weighted by atomic mass is 10.0. The monoisotopic (exact) mass is 324 g/mol. The minimum Gasteiger partial charge on any atom is -0.314 e. The first-order valence-electron chi connectivity index (χ1n) is 8.85. The summed E-state index contributed by atoms with van der Waals surface area (Å²) in [4.78, 5) is 2.61. The lowest BCUT2D eigenvalue weighted by Crippen LogP contribution is -2.53. The first-order valence-corrected chi connectivity index (χ1v) is 8.85. The number of hydrazine groups is 1. The fourth-order valence-corrected chi connectivity index (χ4v) is 3.36. The molecule has 4 heteroatoms. The van der Waals surface area contributed by atoms with Gasteiger partial charge in [-0.3, -0.25) is 4.90 Å². The van der Waals surface area contributed by atoms with Crippen LogP contribution in [0, 0.1) is 0 Å². The topological polar surface area (TPSA) is 39.3 Å². The Morgan fingerprint density at radius 2 is 1.71 bits per heavy atom. The molecular formula is C20H28N4. The van der Waals surface area contributed by atoms with Crippen molar-refractivity contribution in [3.63, 3.8) is 0 Å². The van der Waals surface area contributed by atoms with Gasteiger partial charge in [0.15, 0.2) is 0 Å². The molecule has 0 amide bonds. The lowest BCUT2D eigenvalue weighted by Gasteiger charge is -2.38. The Bertz CT molecular complexity index is 611. The van der Waals surface area contributed by atoms with Crippen LogP contribution in [-0.2, 0) is 6.42 Å². The summed E-state index contributed by atoms with van der Waals surface area (Å²) in [5.41, 5.74) is 9.98. The molecule has 1 fully saturated rings. The van der Waals surface area contributed by atoms with Crippen molar-refractivity contribution in [1.29, 1.82) is 0 Å². The van der Waals surface area contributed by atoms with Crippen molar-refractivity contribution in [2.45, 2.75) is 32.4 Å². The van der Waals surface area contributed by atoms with E-state index in [0.29, 0.717) is 12.1 Å². The van der Waals surface area contributed by atoms with Crippen LogP contribution >= 0.6 is 0 Å². The van der Waals surface area contributed by atoms with E-state index in [4.69, 9.17) is 0 Å². The molecule has 1 aliphatic rings. The number of benzene rings is 2. The second kappa shape index (κ2) is 8.18. The molecule has 128 valence electrons. The largest absolute Gasteiger partial charge is 0.314 e. The third kappa shape index (κ3) is 4.49. The zero-order valence-electron chi connectivity index (χ0n) is 14.6. The molecule has 0 aromatic heterocycles. The Labute approximate surface area is 145 Å². The number of piperazine rings is 1. The van der Waals surface area contributed by atoms with Crippen molar-refractivity contribution in [3.8, 4) is 0 Å². The third-order valence-corrected chi connectivity index (χ3v) is 4.73. The number of nitrogens with one attached hydrogen (secondary N) is 3. The van der Waals surface area contributed by atoms with E-state index in [9.17, 15) is 0 Å². The number of hydrogen-bond acceptors (Lipinski definition) is 4. The van der Waals surface area contributed by atoms with Gasteiger partial charge in [0.2, 0.25) is 0 Å². The standard InChI is InChI=1S/C20H28N4/c1-16(24-13-12-21-15-17(24)2)14-18-8-10-20(11-9-18)23-22-19-6-4-3-5-7-19/h3-11,16-17,21-23H,12-15H2,1-2H3. The summed E-state index contributed by atoms with van der Waals surface area (Å²) in [6, 6.07) is 20.0. The summed E-state index contributed by atoms with van der Waals surface area (Å²) in [6.45, 7) is 7.99.